The molecule has 0 aliphatic carbocycles. The minimum Gasteiger partial charge on any atom is -0.462 e. The van der Waals surface area contributed by atoms with Crippen molar-refractivity contribution >= 4 is 17.9 Å². The lowest BCUT2D eigenvalue weighted by molar-refractivity contribution is -0.167. The summed E-state index contributed by atoms with van der Waals surface area (Å²) in [7, 11) is 0. The molecule has 6 nitrogen and oxygen atoms in total. The summed E-state index contributed by atoms with van der Waals surface area (Å²) in [5.41, 5.74) is 0. The first-order valence-corrected chi connectivity index (χ1v) is 34.5. The number of hydrogen-bond acceptors (Lipinski definition) is 6. The molecule has 0 fully saturated rings. The first kappa shape index (κ1) is 73.4. The van der Waals surface area contributed by atoms with E-state index in [-0.39, 0.29) is 31.1 Å². The average molecular weight is 1060 g/mol. The van der Waals surface area contributed by atoms with Gasteiger partial charge in [0.25, 0.3) is 0 Å². The van der Waals surface area contributed by atoms with Gasteiger partial charge in [-0.05, 0) is 19.3 Å². The van der Waals surface area contributed by atoms with Crippen LogP contribution in [-0.4, -0.2) is 37.2 Å². The quantitative estimate of drug-likeness (QED) is 0.0343. The number of ether oxygens (including phenoxy) is 3. The summed E-state index contributed by atoms with van der Waals surface area (Å²) in [5.74, 6) is -0.827. The fourth-order valence-electron chi connectivity index (χ4n) is 10.9. The Balaban J connectivity index is 4.03. The van der Waals surface area contributed by atoms with E-state index in [1.807, 2.05) is 0 Å². The third-order valence-corrected chi connectivity index (χ3v) is 16.1. The van der Waals surface area contributed by atoms with Gasteiger partial charge in [-0.25, -0.2) is 0 Å². The molecule has 6 heteroatoms. The second-order valence-electron chi connectivity index (χ2n) is 23.8. The number of unbranched alkanes of at least 4 members (excludes halogenated alkanes) is 54. The first-order chi connectivity index (χ1) is 37.0. The molecule has 1 atom stereocenters. The summed E-state index contributed by atoms with van der Waals surface area (Å²) in [6.45, 7) is 6.72. The van der Waals surface area contributed by atoms with Gasteiger partial charge in [0.2, 0.25) is 0 Å². The van der Waals surface area contributed by atoms with Crippen molar-refractivity contribution in [3.05, 3.63) is 0 Å². The molecule has 0 rings (SSSR count). The molecule has 0 aliphatic heterocycles. The molecule has 0 saturated carbocycles. The number of esters is 3. The molecule has 0 N–H and O–H groups in total. The van der Waals surface area contributed by atoms with Crippen LogP contribution in [0.2, 0.25) is 0 Å². The molecule has 0 aromatic heterocycles. The van der Waals surface area contributed by atoms with E-state index in [9.17, 15) is 14.4 Å². The maximum Gasteiger partial charge on any atom is 0.306 e. The van der Waals surface area contributed by atoms with Gasteiger partial charge >= 0.3 is 17.9 Å². The minimum absolute atomic E-state index is 0.0607. The second-order valence-corrected chi connectivity index (χ2v) is 23.8. The Labute approximate surface area is 469 Å². The fourth-order valence-corrected chi connectivity index (χ4v) is 10.9. The van der Waals surface area contributed by atoms with E-state index in [1.165, 1.54) is 308 Å². The summed E-state index contributed by atoms with van der Waals surface area (Å²) in [4.78, 5) is 38.2. The van der Waals surface area contributed by atoms with E-state index >= 15 is 0 Å². The highest BCUT2D eigenvalue weighted by molar-refractivity contribution is 5.71. The lowest BCUT2D eigenvalue weighted by Gasteiger charge is -2.18. The SMILES string of the molecule is CCCCCCCCCCCCCCCCCCCCCCCCCCCCCCCCCC(=O)OCC(COC(=O)CCCCCCCCCCCCC)OC(=O)CCCCCCCCCCCCCCCCC. The van der Waals surface area contributed by atoms with Crippen LogP contribution in [0.25, 0.3) is 0 Å². The summed E-state index contributed by atoms with van der Waals surface area (Å²) in [5, 5.41) is 0. The number of carbonyl (C=O) groups excluding carboxylic acids is 3. The Kier molecular flexibility index (Phi) is 63.6. The third-order valence-electron chi connectivity index (χ3n) is 16.1. The van der Waals surface area contributed by atoms with Crippen LogP contribution in [0, 0.1) is 0 Å². The van der Waals surface area contributed by atoms with Crippen LogP contribution in [0.5, 0.6) is 0 Å². The second kappa shape index (κ2) is 64.9. The molecule has 0 spiro atoms. The van der Waals surface area contributed by atoms with Gasteiger partial charge in [0.15, 0.2) is 6.10 Å². The van der Waals surface area contributed by atoms with Gasteiger partial charge in [0.05, 0.1) is 0 Å². The molecule has 0 aromatic rings. The Morgan fingerprint density at radius 1 is 0.213 bits per heavy atom. The van der Waals surface area contributed by atoms with Gasteiger partial charge in [0, 0.05) is 19.3 Å². The number of hydrogen-bond donors (Lipinski definition) is 0. The molecule has 0 bridgehead atoms. The molecular weight excluding hydrogens is 925 g/mol. The summed E-state index contributed by atoms with van der Waals surface area (Å²) in [6, 6.07) is 0. The zero-order valence-corrected chi connectivity index (χ0v) is 51.4. The van der Waals surface area contributed by atoms with Gasteiger partial charge in [-0.15, -0.1) is 0 Å². The first-order valence-electron chi connectivity index (χ1n) is 34.5. The van der Waals surface area contributed by atoms with Crippen molar-refractivity contribution in [3.8, 4) is 0 Å². The van der Waals surface area contributed by atoms with Crippen molar-refractivity contribution in [2.75, 3.05) is 13.2 Å². The highest BCUT2D eigenvalue weighted by atomic mass is 16.6. The highest BCUT2D eigenvalue weighted by Crippen LogP contribution is 2.19. The van der Waals surface area contributed by atoms with Crippen molar-refractivity contribution in [3.63, 3.8) is 0 Å². The van der Waals surface area contributed by atoms with Crippen molar-refractivity contribution < 1.29 is 28.6 Å². The van der Waals surface area contributed by atoms with Gasteiger partial charge in [0.1, 0.15) is 13.2 Å². The topological polar surface area (TPSA) is 78.9 Å². The maximum atomic E-state index is 12.9. The van der Waals surface area contributed by atoms with E-state index in [1.54, 1.807) is 0 Å². The van der Waals surface area contributed by atoms with Crippen LogP contribution >= 0.6 is 0 Å². The molecular formula is C69H134O6. The largest absolute Gasteiger partial charge is 0.462 e. The molecule has 0 aliphatic rings. The van der Waals surface area contributed by atoms with Crippen LogP contribution in [0.4, 0.5) is 0 Å². The molecule has 446 valence electrons. The standard InChI is InChI=1S/C69H134O6/c1-4-7-10-13-16-19-22-24-26-27-28-29-30-31-32-33-34-35-36-37-38-39-40-41-43-44-47-50-53-56-59-62-68(71)74-65-66(64-73-67(70)61-58-55-52-49-46-21-18-15-12-9-6-3)75-69(72)63-60-57-54-51-48-45-42-25-23-20-17-14-11-8-5-2/h66H,4-65H2,1-3H3. The summed E-state index contributed by atoms with van der Waals surface area (Å²) < 4.78 is 16.9. The van der Waals surface area contributed by atoms with E-state index in [0.717, 1.165) is 57.8 Å². The molecule has 1 unspecified atom stereocenters. The highest BCUT2D eigenvalue weighted by Gasteiger charge is 2.19. The van der Waals surface area contributed by atoms with E-state index < -0.39 is 6.10 Å². The minimum atomic E-state index is -0.762. The molecule has 0 aromatic carbocycles. The Morgan fingerprint density at radius 2 is 0.360 bits per heavy atom. The van der Waals surface area contributed by atoms with Crippen LogP contribution in [0.3, 0.4) is 0 Å². The van der Waals surface area contributed by atoms with Crippen molar-refractivity contribution in [2.24, 2.45) is 0 Å². The zero-order valence-electron chi connectivity index (χ0n) is 51.4. The van der Waals surface area contributed by atoms with Gasteiger partial charge in [-0.2, -0.15) is 0 Å². The predicted molar refractivity (Wildman–Crippen MR) is 326 cm³/mol. The maximum absolute atomic E-state index is 12.9. The Bertz CT molecular complexity index is 1120. The average Bonchev–Trinajstić information content (AvgIpc) is 3.41. The molecule has 0 heterocycles. The predicted octanol–water partition coefficient (Wildman–Crippen LogP) is 23.5. The van der Waals surface area contributed by atoms with Crippen LogP contribution < -0.4 is 0 Å². The lowest BCUT2D eigenvalue weighted by atomic mass is 10.0. The smallest absolute Gasteiger partial charge is 0.306 e. The third kappa shape index (κ3) is 63.1. The monoisotopic (exact) mass is 1060 g/mol. The number of rotatable bonds is 65. The molecule has 0 saturated heterocycles. The fraction of sp³-hybridized carbons (Fsp3) is 0.957. The molecule has 75 heavy (non-hydrogen) atoms. The van der Waals surface area contributed by atoms with Gasteiger partial charge in [-0.1, -0.05) is 367 Å². The van der Waals surface area contributed by atoms with Crippen molar-refractivity contribution in [1.82, 2.24) is 0 Å². The number of carbonyl (C=O) groups is 3. The molecule has 0 amide bonds. The van der Waals surface area contributed by atoms with Crippen LogP contribution in [0.1, 0.15) is 406 Å². The summed E-state index contributed by atoms with van der Waals surface area (Å²) in [6.07, 6.45) is 75.8. The summed E-state index contributed by atoms with van der Waals surface area (Å²) >= 11 is 0. The normalized spacial score (nSPS) is 11.9. The molecule has 0 radical (unpaired) electrons. The Morgan fingerprint density at radius 3 is 0.533 bits per heavy atom. The van der Waals surface area contributed by atoms with Gasteiger partial charge < -0.3 is 14.2 Å². The van der Waals surface area contributed by atoms with Crippen LogP contribution in [0.15, 0.2) is 0 Å². The van der Waals surface area contributed by atoms with E-state index in [0.29, 0.717) is 19.3 Å². The van der Waals surface area contributed by atoms with Crippen LogP contribution in [-0.2, 0) is 28.6 Å². The van der Waals surface area contributed by atoms with Gasteiger partial charge in [-0.3, -0.25) is 14.4 Å². The lowest BCUT2D eigenvalue weighted by Crippen LogP contribution is -2.30. The van der Waals surface area contributed by atoms with E-state index in [2.05, 4.69) is 20.8 Å². The van der Waals surface area contributed by atoms with Crippen molar-refractivity contribution in [2.45, 2.75) is 412 Å². The van der Waals surface area contributed by atoms with E-state index in [4.69, 9.17) is 14.2 Å². The van der Waals surface area contributed by atoms with Crippen molar-refractivity contribution in [1.29, 1.82) is 0 Å². The Hall–Kier alpha value is -1.59. The zero-order chi connectivity index (χ0) is 54.3.